The number of rotatable bonds is 6. The van der Waals surface area contributed by atoms with Crippen molar-refractivity contribution in [2.45, 2.75) is 16.2 Å². The topological polar surface area (TPSA) is 59.7 Å². The van der Waals surface area contributed by atoms with Gasteiger partial charge in [0.05, 0.1) is 13.3 Å². The van der Waals surface area contributed by atoms with E-state index in [2.05, 4.69) is 46.5 Å². The monoisotopic (exact) mass is 439 g/mol. The van der Waals surface area contributed by atoms with E-state index in [1.165, 1.54) is 9.41 Å². The molecule has 2 heterocycles. The van der Waals surface area contributed by atoms with Crippen LogP contribution in [-0.4, -0.2) is 26.8 Å². The van der Waals surface area contributed by atoms with E-state index in [0.717, 1.165) is 27.3 Å². The lowest BCUT2D eigenvalue weighted by Crippen LogP contribution is -1.99. The van der Waals surface area contributed by atoms with Gasteiger partial charge in [0, 0.05) is 33.5 Å². The van der Waals surface area contributed by atoms with Gasteiger partial charge in [-0.25, -0.2) is 4.98 Å². The minimum atomic E-state index is 0.0865. The quantitative estimate of drug-likeness (QED) is 0.359. The summed E-state index contributed by atoms with van der Waals surface area (Å²) in [5, 5.41) is 15.3. The van der Waals surface area contributed by atoms with Gasteiger partial charge >= 0.3 is 0 Å². The van der Waals surface area contributed by atoms with Crippen LogP contribution in [0.4, 0.5) is 0 Å². The molecule has 0 fully saturated rings. The molecule has 1 N–H and O–H groups in total. The molecule has 0 unspecified atom stereocenters. The zero-order chi connectivity index (χ0) is 21.9. The van der Waals surface area contributed by atoms with Gasteiger partial charge in [0.2, 0.25) is 5.88 Å². The number of para-hydroxylation sites is 1. The second-order valence-corrected chi connectivity index (χ2v) is 8.48. The average Bonchev–Trinajstić information content (AvgIpc) is 3.27. The number of hydrogen-bond acceptors (Lipinski definition) is 5. The SMILES string of the molecule is COc1ccccc1Cc1cnc2c(-c3ccc(Sc4ccccc4)cc3)cnn2c1O. The molecule has 0 aliphatic rings. The van der Waals surface area contributed by atoms with Crippen molar-refractivity contribution in [2.24, 2.45) is 0 Å². The summed E-state index contributed by atoms with van der Waals surface area (Å²) in [6.07, 6.45) is 3.95. The van der Waals surface area contributed by atoms with Crippen molar-refractivity contribution < 1.29 is 9.84 Å². The van der Waals surface area contributed by atoms with Gasteiger partial charge in [-0.15, -0.1) is 0 Å². The van der Waals surface area contributed by atoms with Crippen molar-refractivity contribution >= 4 is 17.4 Å². The summed E-state index contributed by atoms with van der Waals surface area (Å²) in [6, 6.07) is 26.3. The molecule has 0 spiro atoms. The Bertz CT molecular complexity index is 1370. The van der Waals surface area contributed by atoms with Gasteiger partial charge in [0.15, 0.2) is 5.65 Å². The first kappa shape index (κ1) is 20.2. The first-order valence-corrected chi connectivity index (χ1v) is 11.0. The highest BCUT2D eigenvalue weighted by Gasteiger charge is 2.15. The molecular formula is C26H21N3O2S. The molecule has 0 radical (unpaired) electrons. The van der Waals surface area contributed by atoms with Crippen LogP contribution < -0.4 is 4.74 Å². The Morgan fingerprint density at radius 1 is 0.844 bits per heavy atom. The highest BCUT2D eigenvalue weighted by atomic mass is 32.2. The molecule has 6 heteroatoms. The van der Waals surface area contributed by atoms with Crippen LogP contribution in [0.25, 0.3) is 16.8 Å². The molecule has 0 aliphatic carbocycles. The number of benzene rings is 3. The number of hydrogen-bond donors (Lipinski definition) is 1. The molecule has 3 aromatic carbocycles. The Kier molecular flexibility index (Phi) is 5.52. The first-order chi connectivity index (χ1) is 15.7. The molecule has 0 saturated heterocycles. The van der Waals surface area contributed by atoms with Crippen LogP contribution in [0, 0.1) is 0 Å². The van der Waals surface area contributed by atoms with Gasteiger partial charge in [-0.05, 0) is 41.5 Å². The lowest BCUT2D eigenvalue weighted by molar-refractivity contribution is 0.409. The summed E-state index contributed by atoms with van der Waals surface area (Å²) in [5.74, 6) is 0.866. The smallest absolute Gasteiger partial charge is 0.219 e. The van der Waals surface area contributed by atoms with E-state index in [1.807, 2.05) is 42.5 Å². The van der Waals surface area contributed by atoms with Crippen LogP contribution in [0.15, 0.2) is 101 Å². The van der Waals surface area contributed by atoms with Crippen molar-refractivity contribution in [3.63, 3.8) is 0 Å². The standard InChI is InChI=1S/C26H21N3O2S/c1-31-24-10-6-5-7-19(24)15-20-16-27-25-23(17-28-29(25)26(20)30)18-11-13-22(14-12-18)32-21-8-3-2-4-9-21/h2-14,16-17,30H,15H2,1H3. The molecule has 5 aromatic rings. The summed E-state index contributed by atoms with van der Waals surface area (Å²) in [5.41, 5.74) is 4.16. The minimum absolute atomic E-state index is 0.0865. The Balaban J connectivity index is 1.43. The number of methoxy groups -OCH3 is 1. The third kappa shape index (κ3) is 3.92. The molecule has 0 bridgehead atoms. The molecule has 0 atom stereocenters. The number of fused-ring (bicyclic) bond motifs is 1. The van der Waals surface area contributed by atoms with Crippen molar-refractivity contribution in [3.8, 4) is 22.8 Å². The predicted octanol–water partition coefficient (Wildman–Crippen LogP) is 5.85. The number of nitrogens with zero attached hydrogens (tertiary/aromatic N) is 3. The van der Waals surface area contributed by atoms with Gasteiger partial charge in [-0.2, -0.15) is 9.61 Å². The van der Waals surface area contributed by atoms with Gasteiger partial charge < -0.3 is 9.84 Å². The lowest BCUT2D eigenvalue weighted by Gasteiger charge is -2.10. The second kappa shape index (κ2) is 8.77. The second-order valence-electron chi connectivity index (χ2n) is 7.33. The summed E-state index contributed by atoms with van der Waals surface area (Å²) < 4.78 is 6.92. The van der Waals surface area contributed by atoms with E-state index in [4.69, 9.17) is 4.74 Å². The van der Waals surface area contributed by atoms with E-state index in [9.17, 15) is 5.11 Å². The van der Waals surface area contributed by atoms with E-state index in [0.29, 0.717) is 17.6 Å². The molecule has 0 aliphatic heterocycles. The maximum absolute atomic E-state index is 10.9. The van der Waals surface area contributed by atoms with E-state index in [-0.39, 0.29) is 5.88 Å². The Morgan fingerprint density at radius 3 is 2.34 bits per heavy atom. The fraction of sp³-hybridized carbons (Fsp3) is 0.0769. The highest BCUT2D eigenvalue weighted by Crippen LogP contribution is 2.32. The highest BCUT2D eigenvalue weighted by molar-refractivity contribution is 7.99. The Morgan fingerprint density at radius 2 is 1.56 bits per heavy atom. The predicted molar refractivity (Wildman–Crippen MR) is 126 cm³/mol. The normalized spacial score (nSPS) is 11.0. The van der Waals surface area contributed by atoms with Crippen molar-refractivity contribution in [2.75, 3.05) is 7.11 Å². The summed E-state index contributed by atoms with van der Waals surface area (Å²) in [7, 11) is 1.64. The van der Waals surface area contributed by atoms with Gasteiger partial charge in [0.25, 0.3) is 0 Å². The van der Waals surface area contributed by atoms with Crippen molar-refractivity contribution in [1.82, 2.24) is 14.6 Å². The third-order valence-corrected chi connectivity index (χ3v) is 6.31. The molecule has 158 valence electrons. The van der Waals surface area contributed by atoms with E-state index in [1.54, 1.807) is 31.3 Å². The van der Waals surface area contributed by atoms with Crippen molar-refractivity contribution in [3.05, 3.63) is 102 Å². The Hall–Kier alpha value is -3.77. The zero-order valence-corrected chi connectivity index (χ0v) is 18.3. The zero-order valence-electron chi connectivity index (χ0n) is 17.5. The molecule has 5 nitrogen and oxygen atoms in total. The fourth-order valence-electron chi connectivity index (χ4n) is 3.66. The van der Waals surface area contributed by atoms with Gasteiger partial charge in [-0.3, -0.25) is 0 Å². The Labute approximate surface area is 190 Å². The molecule has 32 heavy (non-hydrogen) atoms. The lowest BCUT2D eigenvalue weighted by atomic mass is 10.1. The first-order valence-electron chi connectivity index (χ1n) is 10.2. The van der Waals surface area contributed by atoms with Gasteiger partial charge in [-0.1, -0.05) is 60.3 Å². The van der Waals surface area contributed by atoms with Crippen LogP contribution in [0.2, 0.25) is 0 Å². The largest absolute Gasteiger partial charge is 0.496 e. The summed E-state index contributed by atoms with van der Waals surface area (Å²) in [4.78, 5) is 6.97. The average molecular weight is 440 g/mol. The van der Waals surface area contributed by atoms with Crippen LogP contribution in [0.3, 0.4) is 0 Å². The van der Waals surface area contributed by atoms with E-state index >= 15 is 0 Å². The molecule has 0 amide bonds. The maximum Gasteiger partial charge on any atom is 0.219 e. The molecular weight excluding hydrogens is 418 g/mol. The van der Waals surface area contributed by atoms with E-state index < -0.39 is 0 Å². The molecule has 5 rings (SSSR count). The number of ether oxygens (including phenoxy) is 1. The maximum atomic E-state index is 10.9. The number of aromatic nitrogens is 3. The van der Waals surface area contributed by atoms with Crippen LogP contribution in [0.1, 0.15) is 11.1 Å². The third-order valence-electron chi connectivity index (χ3n) is 5.29. The van der Waals surface area contributed by atoms with Crippen LogP contribution in [-0.2, 0) is 6.42 Å². The van der Waals surface area contributed by atoms with Crippen LogP contribution in [0.5, 0.6) is 11.6 Å². The number of aromatic hydroxyl groups is 1. The van der Waals surface area contributed by atoms with Crippen molar-refractivity contribution in [1.29, 1.82) is 0 Å². The van der Waals surface area contributed by atoms with Gasteiger partial charge in [0.1, 0.15) is 5.75 Å². The molecule has 2 aromatic heterocycles. The molecule has 0 saturated carbocycles. The minimum Gasteiger partial charge on any atom is -0.496 e. The van der Waals surface area contributed by atoms with Crippen LogP contribution >= 0.6 is 11.8 Å². The fourth-order valence-corrected chi connectivity index (χ4v) is 4.50. The summed E-state index contributed by atoms with van der Waals surface area (Å²) in [6.45, 7) is 0. The summed E-state index contributed by atoms with van der Waals surface area (Å²) >= 11 is 1.72.